The van der Waals surface area contributed by atoms with E-state index in [4.69, 9.17) is 9.47 Å². The Morgan fingerprint density at radius 1 is 1.17 bits per heavy atom. The number of quaternary nitrogens is 1. The van der Waals surface area contributed by atoms with Gasteiger partial charge in [0, 0.05) is 12.3 Å². The van der Waals surface area contributed by atoms with Crippen molar-refractivity contribution in [1.29, 1.82) is 0 Å². The van der Waals surface area contributed by atoms with Crippen molar-refractivity contribution in [2.45, 2.75) is 58.2 Å². The average Bonchev–Trinajstić information content (AvgIpc) is 3.32. The predicted octanol–water partition coefficient (Wildman–Crippen LogP) is 3.03. The van der Waals surface area contributed by atoms with E-state index in [0.717, 1.165) is 32.2 Å². The summed E-state index contributed by atoms with van der Waals surface area (Å²) >= 11 is 0. The molecule has 1 unspecified atom stereocenters. The summed E-state index contributed by atoms with van der Waals surface area (Å²) < 4.78 is 11.4. The van der Waals surface area contributed by atoms with Crippen LogP contribution in [0.5, 0.6) is 0 Å². The van der Waals surface area contributed by atoms with Gasteiger partial charge >= 0.3 is 11.9 Å². The maximum absolute atomic E-state index is 13.2. The Balaban J connectivity index is 0.00000300. The molecule has 0 amide bonds. The van der Waals surface area contributed by atoms with Gasteiger partial charge in [0.25, 0.3) is 0 Å². The molecule has 1 aromatic carbocycles. The summed E-state index contributed by atoms with van der Waals surface area (Å²) in [6.07, 6.45) is 4.06. The van der Waals surface area contributed by atoms with Crippen LogP contribution in [0.4, 0.5) is 0 Å². The molecular formula is C23H36NO5+. The van der Waals surface area contributed by atoms with Gasteiger partial charge in [-0.1, -0.05) is 50.6 Å². The SMILES string of the molecule is C.CCOC(=O)C[N+]1(C)CC[C@@H](OC(=O)[C@](O)(c2ccccc2)C2CCCC2)C1. The van der Waals surface area contributed by atoms with Gasteiger partial charge < -0.3 is 19.1 Å². The number of likely N-dealkylation sites (tertiary alicyclic amines) is 1. The Kier molecular flexibility index (Phi) is 7.83. The van der Waals surface area contributed by atoms with Gasteiger partial charge in [-0.05, 0) is 25.3 Å². The van der Waals surface area contributed by atoms with Gasteiger partial charge in [-0.3, -0.25) is 0 Å². The summed E-state index contributed by atoms with van der Waals surface area (Å²) in [6.45, 7) is 3.72. The fourth-order valence-electron chi connectivity index (χ4n) is 4.69. The first kappa shape index (κ1) is 23.4. The molecule has 1 aliphatic heterocycles. The molecule has 0 spiro atoms. The van der Waals surface area contributed by atoms with Crippen LogP contribution < -0.4 is 0 Å². The molecule has 0 aromatic heterocycles. The normalized spacial score (nSPS) is 26.4. The number of carbonyl (C=O) groups is 2. The number of ether oxygens (including phenoxy) is 2. The van der Waals surface area contributed by atoms with Crippen LogP contribution in [0.2, 0.25) is 0 Å². The van der Waals surface area contributed by atoms with E-state index in [1.54, 1.807) is 19.1 Å². The summed E-state index contributed by atoms with van der Waals surface area (Å²) in [4.78, 5) is 25.0. The van der Waals surface area contributed by atoms with Gasteiger partial charge in [0.2, 0.25) is 0 Å². The van der Waals surface area contributed by atoms with Gasteiger partial charge in [-0.15, -0.1) is 0 Å². The Morgan fingerprint density at radius 3 is 2.45 bits per heavy atom. The number of nitrogens with zero attached hydrogens (tertiary/aromatic N) is 1. The van der Waals surface area contributed by atoms with Crippen LogP contribution in [0.3, 0.4) is 0 Å². The lowest BCUT2D eigenvalue weighted by Gasteiger charge is -2.33. The Morgan fingerprint density at radius 2 is 1.83 bits per heavy atom. The van der Waals surface area contributed by atoms with Gasteiger partial charge in [0.15, 0.2) is 18.2 Å². The van der Waals surface area contributed by atoms with Crippen molar-refractivity contribution in [3.63, 3.8) is 0 Å². The molecule has 3 atom stereocenters. The number of hydrogen-bond acceptors (Lipinski definition) is 5. The zero-order valence-electron chi connectivity index (χ0n) is 16.9. The smallest absolute Gasteiger partial charge is 0.361 e. The highest BCUT2D eigenvalue weighted by atomic mass is 16.6. The summed E-state index contributed by atoms with van der Waals surface area (Å²) in [6, 6.07) is 9.15. The topological polar surface area (TPSA) is 72.8 Å². The number of hydrogen-bond donors (Lipinski definition) is 1. The highest BCUT2D eigenvalue weighted by Gasteiger charge is 2.50. The van der Waals surface area contributed by atoms with Gasteiger partial charge in [0.1, 0.15) is 6.54 Å². The second-order valence-electron chi connectivity index (χ2n) is 8.42. The van der Waals surface area contributed by atoms with Crippen LogP contribution in [0.15, 0.2) is 30.3 Å². The monoisotopic (exact) mass is 406 g/mol. The van der Waals surface area contributed by atoms with E-state index in [-0.39, 0.29) is 32.0 Å². The van der Waals surface area contributed by atoms with Crippen molar-refractivity contribution in [3.05, 3.63) is 35.9 Å². The minimum Gasteiger partial charge on any atom is -0.462 e. The van der Waals surface area contributed by atoms with E-state index in [9.17, 15) is 14.7 Å². The van der Waals surface area contributed by atoms with Crippen LogP contribution >= 0.6 is 0 Å². The molecule has 3 rings (SSSR count). The lowest BCUT2D eigenvalue weighted by Crippen LogP contribution is -2.48. The fraction of sp³-hybridized carbons (Fsp3) is 0.652. The lowest BCUT2D eigenvalue weighted by molar-refractivity contribution is -0.891. The molecule has 2 aliphatic rings. The molecule has 162 valence electrons. The number of esters is 2. The molecule has 1 saturated carbocycles. The molecule has 1 aromatic rings. The highest BCUT2D eigenvalue weighted by molar-refractivity contribution is 5.81. The third-order valence-corrected chi connectivity index (χ3v) is 6.20. The summed E-state index contributed by atoms with van der Waals surface area (Å²) in [5.41, 5.74) is -1.00. The fourth-order valence-corrected chi connectivity index (χ4v) is 4.69. The molecule has 1 heterocycles. The largest absolute Gasteiger partial charge is 0.462 e. The molecule has 6 heteroatoms. The zero-order chi connectivity index (χ0) is 20.2. The Bertz CT molecular complexity index is 688. The molecule has 0 bridgehead atoms. The highest BCUT2D eigenvalue weighted by Crippen LogP contribution is 2.42. The van der Waals surface area contributed by atoms with E-state index in [1.165, 1.54) is 0 Å². The number of rotatable bonds is 7. The van der Waals surface area contributed by atoms with E-state index in [2.05, 4.69) is 0 Å². The first-order valence-corrected chi connectivity index (χ1v) is 10.4. The third-order valence-electron chi connectivity index (χ3n) is 6.20. The number of carbonyl (C=O) groups excluding carboxylic acids is 2. The maximum atomic E-state index is 13.2. The number of aliphatic hydroxyl groups is 1. The van der Waals surface area contributed by atoms with Gasteiger partial charge in [-0.25, -0.2) is 9.59 Å². The second-order valence-corrected chi connectivity index (χ2v) is 8.42. The van der Waals surface area contributed by atoms with Crippen LogP contribution in [0.25, 0.3) is 0 Å². The first-order chi connectivity index (χ1) is 13.4. The van der Waals surface area contributed by atoms with Crippen LogP contribution in [0, 0.1) is 5.92 Å². The van der Waals surface area contributed by atoms with Crippen LogP contribution in [-0.4, -0.2) is 60.9 Å². The standard InChI is InChI=1S/C22H32NO5.CH4/c1-3-27-20(24)16-23(2)14-13-19(15-23)28-21(25)22(26,18-11-7-8-12-18)17-9-5-4-6-10-17;/h4-6,9-10,18-19,26H,3,7-8,11-16H2,1-2H3;1H4/q+1;/t19-,22+,23?;/m1./s1. The summed E-state index contributed by atoms with van der Waals surface area (Å²) in [5.74, 6) is -0.909. The first-order valence-electron chi connectivity index (χ1n) is 10.4. The lowest BCUT2D eigenvalue weighted by atomic mass is 9.80. The number of benzene rings is 1. The Labute approximate surface area is 174 Å². The van der Waals surface area contributed by atoms with E-state index in [0.29, 0.717) is 29.6 Å². The molecule has 2 fully saturated rings. The van der Waals surface area contributed by atoms with Crippen molar-refractivity contribution in [2.75, 3.05) is 33.3 Å². The minimum absolute atomic E-state index is 0. The van der Waals surface area contributed by atoms with Crippen molar-refractivity contribution in [1.82, 2.24) is 0 Å². The molecule has 1 saturated heterocycles. The average molecular weight is 407 g/mol. The van der Waals surface area contributed by atoms with Crippen molar-refractivity contribution < 1.29 is 28.7 Å². The van der Waals surface area contributed by atoms with E-state index >= 15 is 0 Å². The van der Waals surface area contributed by atoms with Crippen LogP contribution in [0.1, 0.15) is 52.0 Å². The predicted molar refractivity (Wildman–Crippen MR) is 111 cm³/mol. The third kappa shape index (κ3) is 5.17. The Hall–Kier alpha value is -1.92. The van der Waals surface area contributed by atoms with Crippen molar-refractivity contribution in [2.24, 2.45) is 5.92 Å². The molecular weight excluding hydrogens is 370 g/mol. The molecule has 0 radical (unpaired) electrons. The summed E-state index contributed by atoms with van der Waals surface area (Å²) in [5, 5.41) is 11.5. The number of likely N-dealkylation sites (N-methyl/N-ethyl adjacent to an activating group) is 1. The second kappa shape index (κ2) is 9.72. The quantitative estimate of drug-likeness (QED) is 0.557. The van der Waals surface area contributed by atoms with E-state index < -0.39 is 11.6 Å². The maximum Gasteiger partial charge on any atom is 0.361 e. The molecule has 1 aliphatic carbocycles. The van der Waals surface area contributed by atoms with Crippen molar-refractivity contribution in [3.8, 4) is 0 Å². The van der Waals surface area contributed by atoms with Crippen molar-refractivity contribution >= 4 is 11.9 Å². The minimum atomic E-state index is -1.61. The summed E-state index contributed by atoms with van der Waals surface area (Å²) in [7, 11) is 1.98. The molecule has 1 N–H and O–H groups in total. The van der Waals surface area contributed by atoms with Crippen LogP contribution in [-0.2, 0) is 24.7 Å². The van der Waals surface area contributed by atoms with Gasteiger partial charge in [-0.2, -0.15) is 0 Å². The molecule has 29 heavy (non-hydrogen) atoms. The zero-order valence-corrected chi connectivity index (χ0v) is 16.9. The van der Waals surface area contributed by atoms with E-state index in [1.807, 2.05) is 25.2 Å². The van der Waals surface area contributed by atoms with Gasteiger partial charge in [0.05, 0.1) is 20.2 Å². The molecule has 6 nitrogen and oxygen atoms in total.